The maximum Gasteiger partial charge on any atom is 0.295 e. The van der Waals surface area contributed by atoms with Gasteiger partial charge in [0.05, 0.1) is 19.3 Å². The highest BCUT2D eigenvalue weighted by molar-refractivity contribution is 6.43. The molecule has 136 valence electrons. The Balaban J connectivity index is 2.13. The molecule has 0 saturated carbocycles. The number of benzene rings is 2. The van der Waals surface area contributed by atoms with Crippen molar-refractivity contribution in [3.63, 3.8) is 0 Å². The average Bonchev–Trinajstić information content (AvgIpc) is 2.64. The lowest BCUT2D eigenvalue weighted by molar-refractivity contribution is -0.110. The van der Waals surface area contributed by atoms with Crippen LogP contribution in [0.1, 0.15) is 5.56 Å². The highest BCUT2D eigenvalue weighted by Gasteiger charge is 2.17. The van der Waals surface area contributed by atoms with Crippen molar-refractivity contribution in [3.8, 4) is 5.75 Å². The SMILES string of the molecule is C=N/C(=N\N(C)Cc1ccccc1)C(=O)Nc1ccc(OC)c(Cl)c1F. The van der Waals surface area contributed by atoms with Crippen molar-refractivity contribution in [1.29, 1.82) is 0 Å². The molecule has 1 amide bonds. The Bertz CT molecular complexity index is 827. The Morgan fingerprint density at radius 2 is 2.00 bits per heavy atom. The van der Waals surface area contributed by atoms with Gasteiger partial charge < -0.3 is 10.1 Å². The van der Waals surface area contributed by atoms with Gasteiger partial charge in [0.2, 0.25) is 5.84 Å². The van der Waals surface area contributed by atoms with Crippen LogP contribution in [-0.4, -0.2) is 37.6 Å². The van der Waals surface area contributed by atoms with Crippen molar-refractivity contribution in [3.05, 3.63) is 58.9 Å². The number of nitrogens with one attached hydrogen (secondary N) is 1. The number of aliphatic imine (C=N–C) groups is 1. The van der Waals surface area contributed by atoms with E-state index < -0.39 is 11.7 Å². The number of ether oxygens (including phenoxy) is 1. The number of halogens is 2. The molecule has 0 aliphatic rings. The summed E-state index contributed by atoms with van der Waals surface area (Å²) in [7, 11) is 3.06. The summed E-state index contributed by atoms with van der Waals surface area (Å²) in [6.45, 7) is 3.81. The molecule has 0 radical (unpaired) electrons. The van der Waals surface area contributed by atoms with E-state index in [1.54, 1.807) is 7.05 Å². The summed E-state index contributed by atoms with van der Waals surface area (Å²) in [6.07, 6.45) is 0. The number of methoxy groups -OCH3 is 1. The highest BCUT2D eigenvalue weighted by atomic mass is 35.5. The molecule has 6 nitrogen and oxygen atoms in total. The van der Waals surface area contributed by atoms with Crippen LogP contribution in [0.5, 0.6) is 5.75 Å². The maximum absolute atomic E-state index is 14.2. The number of nitrogens with zero attached hydrogens (tertiary/aromatic N) is 3. The first-order chi connectivity index (χ1) is 12.5. The quantitative estimate of drug-likeness (QED) is 0.493. The molecule has 2 rings (SSSR count). The molecule has 2 aromatic rings. The third-order valence-corrected chi connectivity index (χ3v) is 3.74. The minimum Gasteiger partial charge on any atom is -0.495 e. The van der Waals surface area contributed by atoms with Gasteiger partial charge in [0.15, 0.2) is 5.82 Å². The number of carbonyl (C=O) groups is 1. The second-order valence-corrected chi connectivity index (χ2v) is 5.66. The van der Waals surface area contributed by atoms with E-state index in [0.717, 1.165) is 5.56 Å². The van der Waals surface area contributed by atoms with Crippen LogP contribution in [0.3, 0.4) is 0 Å². The summed E-state index contributed by atoms with van der Waals surface area (Å²) in [6, 6.07) is 12.4. The monoisotopic (exact) mass is 376 g/mol. The molecule has 0 unspecified atom stereocenters. The van der Waals surface area contributed by atoms with Gasteiger partial charge in [0.1, 0.15) is 10.8 Å². The molecule has 8 heteroatoms. The van der Waals surface area contributed by atoms with Crippen LogP contribution in [0.4, 0.5) is 10.1 Å². The van der Waals surface area contributed by atoms with Crippen molar-refractivity contribution in [1.82, 2.24) is 5.01 Å². The molecule has 0 bridgehead atoms. The zero-order chi connectivity index (χ0) is 19.1. The van der Waals surface area contributed by atoms with Gasteiger partial charge in [-0.1, -0.05) is 41.9 Å². The first kappa shape index (κ1) is 19.4. The largest absolute Gasteiger partial charge is 0.495 e. The van der Waals surface area contributed by atoms with Crippen molar-refractivity contribution in [2.75, 3.05) is 19.5 Å². The van der Waals surface area contributed by atoms with E-state index in [1.807, 2.05) is 30.3 Å². The fraction of sp³-hybridized carbons (Fsp3) is 0.167. The summed E-state index contributed by atoms with van der Waals surface area (Å²) >= 11 is 5.84. The van der Waals surface area contributed by atoms with Crippen LogP contribution in [0.2, 0.25) is 5.02 Å². The lowest BCUT2D eigenvalue weighted by atomic mass is 10.2. The van der Waals surface area contributed by atoms with Gasteiger partial charge >= 0.3 is 0 Å². The maximum atomic E-state index is 14.2. The van der Waals surface area contributed by atoms with Crippen molar-refractivity contribution < 1.29 is 13.9 Å². The van der Waals surface area contributed by atoms with Gasteiger partial charge in [0, 0.05) is 7.05 Å². The highest BCUT2D eigenvalue weighted by Crippen LogP contribution is 2.31. The third-order valence-electron chi connectivity index (χ3n) is 3.39. The van der Waals surface area contributed by atoms with E-state index in [1.165, 1.54) is 24.3 Å². The van der Waals surface area contributed by atoms with Crippen molar-refractivity contribution in [2.45, 2.75) is 6.54 Å². The van der Waals surface area contributed by atoms with E-state index in [9.17, 15) is 9.18 Å². The number of anilines is 1. The van der Waals surface area contributed by atoms with Crippen LogP contribution in [0.25, 0.3) is 0 Å². The second kappa shape index (κ2) is 8.96. The molecule has 0 atom stereocenters. The molecule has 0 aliphatic heterocycles. The number of carbonyl (C=O) groups excluding carboxylic acids is 1. The number of hydrogen-bond acceptors (Lipinski definition) is 4. The van der Waals surface area contributed by atoms with Crippen LogP contribution >= 0.6 is 11.6 Å². The number of amidine groups is 1. The molecular formula is C18H18ClFN4O2. The van der Waals surface area contributed by atoms with Gasteiger partial charge in [-0.2, -0.15) is 5.10 Å². The number of hydrogen-bond donors (Lipinski definition) is 1. The molecule has 26 heavy (non-hydrogen) atoms. The molecule has 0 fully saturated rings. The summed E-state index contributed by atoms with van der Waals surface area (Å²) in [4.78, 5) is 15.9. The summed E-state index contributed by atoms with van der Waals surface area (Å²) < 4.78 is 19.1. The lowest BCUT2D eigenvalue weighted by Crippen LogP contribution is -2.25. The number of rotatable bonds is 5. The van der Waals surface area contributed by atoms with Crippen LogP contribution in [0, 0.1) is 5.82 Å². The summed E-state index contributed by atoms with van der Waals surface area (Å²) in [5, 5.41) is 7.79. The molecular weight excluding hydrogens is 359 g/mol. The zero-order valence-corrected chi connectivity index (χ0v) is 15.1. The molecule has 0 heterocycles. The van der Waals surface area contributed by atoms with Gasteiger partial charge in [-0.15, -0.1) is 0 Å². The fourth-order valence-corrected chi connectivity index (χ4v) is 2.40. The Kier molecular flexibility index (Phi) is 6.68. The minimum absolute atomic E-state index is 0.108. The Labute approximate surface area is 155 Å². The second-order valence-electron chi connectivity index (χ2n) is 5.28. The van der Waals surface area contributed by atoms with E-state index in [0.29, 0.717) is 6.54 Å². The summed E-state index contributed by atoms with van der Waals surface area (Å²) in [5.41, 5.74) is 0.901. The van der Waals surface area contributed by atoms with E-state index in [2.05, 4.69) is 22.1 Å². The minimum atomic E-state index is -0.805. The first-order valence-corrected chi connectivity index (χ1v) is 7.97. The first-order valence-electron chi connectivity index (χ1n) is 7.60. The Hall–Kier alpha value is -2.93. The molecule has 0 aromatic heterocycles. The van der Waals surface area contributed by atoms with E-state index in [4.69, 9.17) is 16.3 Å². The molecule has 0 aliphatic carbocycles. The third kappa shape index (κ3) is 4.80. The van der Waals surface area contributed by atoms with E-state index in [-0.39, 0.29) is 22.3 Å². The summed E-state index contributed by atoms with van der Waals surface area (Å²) in [5.74, 6) is -1.55. The lowest BCUT2D eigenvalue weighted by Gasteiger charge is -2.14. The number of amides is 1. The molecule has 0 saturated heterocycles. The van der Waals surface area contributed by atoms with Gasteiger partial charge in [-0.05, 0) is 24.4 Å². The Morgan fingerprint density at radius 3 is 2.62 bits per heavy atom. The van der Waals surface area contributed by atoms with E-state index >= 15 is 0 Å². The van der Waals surface area contributed by atoms with Gasteiger partial charge in [0.25, 0.3) is 5.91 Å². The number of hydrazone groups is 1. The predicted molar refractivity (Wildman–Crippen MR) is 101 cm³/mol. The van der Waals surface area contributed by atoms with Crippen LogP contribution < -0.4 is 10.1 Å². The zero-order valence-electron chi connectivity index (χ0n) is 14.4. The van der Waals surface area contributed by atoms with Crippen LogP contribution in [0.15, 0.2) is 52.6 Å². The van der Waals surface area contributed by atoms with Gasteiger partial charge in [-0.25, -0.2) is 9.38 Å². The average molecular weight is 377 g/mol. The van der Waals surface area contributed by atoms with Crippen LogP contribution in [-0.2, 0) is 11.3 Å². The van der Waals surface area contributed by atoms with Crippen molar-refractivity contribution in [2.24, 2.45) is 10.1 Å². The predicted octanol–water partition coefficient (Wildman–Crippen LogP) is 3.57. The Morgan fingerprint density at radius 1 is 1.31 bits per heavy atom. The standard InChI is InChI=1S/C18H18ClFN4O2/c1-21-17(23-24(2)11-12-7-5-4-6-8-12)18(25)22-13-9-10-14(26-3)15(19)16(13)20/h4-10H,1,11H2,2-3H3,(H,22,25)/b23-17-. The molecule has 0 spiro atoms. The van der Waals surface area contributed by atoms with Gasteiger partial charge in [-0.3, -0.25) is 9.80 Å². The normalized spacial score (nSPS) is 11.0. The van der Waals surface area contributed by atoms with Crippen molar-refractivity contribution >= 4 is 35.7 Å². The fourth-order valence-electron chi connectivity index (χ4n) is 2.16. The topological polar surface area (TPSA) is 66.3 Å². The smallest absolute Gasteiger partial charge is 0.295 e. The molecule has 1 N–H and O–H groups in total. The molecule has 2 aromatic carbocycles.